The normalized spacial score (nSPS) is 14.4. The molecule has 40 heavy (non-hydrogen) atoms. The van der Waals surface area contributed by atoms with Crippen LogP contribution < -0.4 is 5.32 Å². The minimum absolute atomic E-state index is 0.476. The van der Waals surface area contributed by atoms with Crippen molar-refractivity contribution in [2.24, 2.45) is 5.92 Å². The van der Waals surface area contributed by atoms with Gasteiger partial charge in [0, 0.05) is 43.2 Å². The van der Waals surface area contributed by atoms with Gasteiger partial charge in [0.15, 0.2) is 0 Å². The fourth-order valence-electron chi connectivity index (χ4n) is 3.75. The Kier molecular flexibility index (Phi) is 9.18. The molecule has 0 aliphatic carbocycles. The van der Waals surface area contributed by atoms with Crippen LogP contribution in [0, 0.1) is 5.92 Å². The molecule has 0 bridgehead atoms. The number of carboxylic acids is 2. The van der Waals surface area contributed by atoms with Crippen LogP contribution in [0.1, 0.15) is 18.7 Å². The van der Waals surface area contributed by atoms with E-state index >= 15 is 0 Å². The first kappa shape index (κ1) is 30.1. The van der Waals surface area contributed by atoms with Crippen molar-refractivity contribution in [3.05, 3.63) is 42.6 Å². The first-order valence-corrected chi connectivity index (χ1v) is 11.4. The lowest BCUT2D eigenvalue weighted by atomic mass is 9.96. The molecular formula is C23H21F6N5O6. The Balaban J connectivity index is 0.000000263. The molecule has 2 aliphatic rings. The van der Waals surface area contributed by atoms with E-state index in [9.17, 15) is 31.5 Å². The highest BCUT2D eigenvalue weighted by Crippen LogP contribution is 2.43. The number of hydrogen-bond donors (Lipinski definition) is 4. The van der Waals surface area contributed by atoms with Gasteiger partial charge in [0.1, 0.15) is 23.0 Å². The standard InChI is InChI=1S/C19H19N5O2.2C2HF3O2/c25-24-16(10-12-4-8-26-9-5-12)23-17-13-3-7-20-11-15(13)22-19-14(18(17)24)2-1-6-21-19;2*3-2(4,5)1(6)7/h1-3,6-7,11-12,25H,4-5,8-10H2,(H,21,22);2*(H,6,7). The summed E-state index contributed by atoms with van der Waals surface area (Å²) < 4.78 is 70.2. The summed E-state index contributed by atoms with van der Waals surface area (Å²) in [6.07, 6.45) is -2.21. The number of alkyl halides is 6. The molecule has 17 heteroatoms. The summed E-state index contributed by atoms with van der Waals surface area (Å²) in [5.41, 5.74) is 4.00. The molecule has 3 aromatic rings. The SMILES string of the molecule is O=C(O)C(F)(F)F.O=C(O)C(F)(F)F.On1c(CC2CCOCC2)nc2c1-c1cccnc1Nc1cnccc1-2. The highest BCUT2D eigenvalue weighted by Gasteiger charge is 2.39. The van der Waals surface area contributed by atoms with E-state index in [-0.39, 0.29) is 0 Å². The number of hydrogen-bond acceptors (Lipinski definition) is 8. The largest absolute Gasteiger partial charge is 0.490 e. The van der Waals surface area contributed by atoms with Gasteiger partial charge in [0.25, 0.3) is 0 Å². The summed E-state index contributed by atoms with van der Waals surface area (Å²) in [6, 6.07) is 5.72. The van der Waals surface area contributed by atoms with E-state index in [0.29, 0.717) is 23.3 Å². The van der Waals surface area contributed by atoms with Gasteiger partial charge in [-0.3, -0.25) is 4.98 Å². The van der Waals surface area contributed by atoms with Gasteiger partial charge in [-0.1, -0.05) is 0 Å². The van der Waals surface area contributed by atoms with Crippen LogP contribution >= 0.6 is 0 Å². The van der Waals surface area contributed by atoms with Gasteiger partial charge >= 0.3 is 24.3 Å². The van der Waals surface area contributed by atoms with Crippen molar-refractivity contribution in [2.45, 2.75) is 31.6 Å². The monoisotopic (exact) mass is 577 g/mol. The van der Waals surface area contributed by atoms with Crippen LogP contribution in [0.4, 0.5) is 37.8 Å². The van der Waals surface area contributed by atoms with Crippen molar-refractivity contribution in [1.29, 1.82) is 0 Å². The molecule has 5 heterocycles. The number of aliphatic carboxylic acids is 2. The number of ether oxygens (including phenoxy) is 1. The summed E-state index contributed by atoms with van der Waals surface area (Å²) in [7, 11) is 0. The zero-order valence-corrected chi connectivity index (χ0v) is 20.2. The number of anilines is 2. The minimum Gasteiger partial charge on any atom is -0.475 e. The molecule has 0 saturated carbocycles. The third-order valence-electron chi connectivity index (χ3n) is 5.61. The van der Waals surface area contributed by atoms with Gasteiger partial charge in [0.05, 0.1) is 11.9 Å². The van der Waals surface area contributed by atoms with E-state index < -0.39 is 24.3 Å². The predicted octanol–water partition coefficient (Wildman–Crippen LogP) is 4.54. The molecular weight excluding hydrogens is 556 g/mol. The number of rotatable bonds is 2. The molecule has 0 unspecified atom stereocenters. The average Bonchev–Trinajstić information content (AvgIpc) is 3.12. The van der Waals surface area contributed by atoms with Crippen molar-refractivity contribution in [3.8, 4) is 22.5 Å². The summed E-state index contributed by atoms with van der Waals surface area (Å²) >= 11 is 0. The Morgan fingerprint density at radius 3 is 2.17 bits per heavy atom. The Bertz CT molecular complexity index is 1330. The fraction of sp³-hybridized carbons (Fsp3) is 0.348. The lowest BCUT2D eigenvalue weighted by Crippen LogP contribution is -2.21. The molecule has 0 aromatic carbocycles. The van der Waals surface area contributed by atoms with E-state index in [4.69, 9.17) is 29.5 Å². The van der Waals surface area contributed by atoms with Gasteiger partial charge in [-0.05, 0) is 37.0 Å². The molecule has 1 fully saturated rings. The van der Waals surface area contributed by atoms with Gasteiger partial charge in [0.2, 0.25) is 0 Å². The molecule has 11 nitrogen and oxygen atoms in total. The van der Waals surface area contributed by atoms with Crippen LogP contribution in [0.25, 0.3) is 22.5 Å². The molecule has 0 spiro atoms. The van der Waals surface area contributed by atoms with Crippen LogP contribution in [0.15, 0.2) is 36.8 Å². The number of pyridine rings is 2. The maximum Gasteiger partial charge on any atom is 0.490 e. The van der Waals surface area contributed by atoms with E-state index in [2.05, 4.69) is 15.3 Å². The molecule has 0 atom stereocenters. The lowest BCUT2D eigenvalue weighted by Gasteiger charge is -2.21. The van der Waals surface area contributed by atoms with Crippen molar-refractivity contribution < 1.29 is 56.1 Å². The first-order valence-electron chi connectivity index (χ1n) is 11.4. The van der Waals surface area contributed by atoms with E-state index in [1.54, 1.807) is 18.6 Å². The number of imidazole rings is 1. The van der Waals surface area contributed by atoms with Gasteiger partial charge in [-0.15, -0.1) is 0 Å². The van der Waals surface area contributed by atoms with Gasteiger partial charge in [-0.2, -0.15) is 31.1 Å². The third kappa shape index (κ3) is 7.37. The van der Waals surface area contributed by atoms with E-state index in [1.165, 1.54) is 4.73 Å². The molecule has 0 amide bonds. The summed E-state index contributed by atoms with van der Waals surface area (Å²) in [6.45, 7) is 1.56. The highest BCUT2D eigenvalue weighted by atomic mass is 19.4. The summed E-state index contributed by atoms with van der Waals surface area (Å²) in [5.74, 6) is -3.67. The maximum absolute atomic E-state index is 11.0. The lowest BCUT2D eigenvalue weighted by molar-refractivity contribution is -0.193. The zero-order valence-electron chi connectivity index (χ0n) is 20.2. The topological polar surface area (TPSA) is 160 Å². The average molecular weight is 577 g/mol. The second-order valence-electron chi connectivity index (χ2n) is 8.35. The molecule has 3 aromatic heterocycles. The second kappa shape index (κ2) is 12.2. The first-order chi connectivity index (χ1) is 18.7. The number of nitrogens with one attached hydrogen (secondary N) is 1. The predicted molar refractivity (Wildman–Crippen MR) is 124 cm³/mol. The van der Waals surface area contributed by atoms with Crippen molar-refractivity contribution in [3.63, 3.8) is 0 Å². The van der Waals surface area contributed by atoms with E-state index in [0.717, 1.165) is 55.0 Å². The summed E-state index contributed by atoms with van der Waals surface area (Å²) in [4.78, 5) is 31.3. The molecule has 4 N–H and O–H groups in total. The quantitative estimate of drug-likeness (QED) is 0.197. The number of carboxylic acid groups (broad SMARTS) is 2. The number of aromatic nitrogens is 4. The van der Waals surface area contributed by atoms with Crippen molar-refractivity contribution in [2.75, 3.05) is 18.5 Å². The van der Waals surface area contributed by atoms with Crippen molar-refractivity contribution in [1.82, 2.24) is 19.7 Å². The fourth-order valence-corrected chi connectivity index (χ4v) is 3.75. The number of nitrogens with zero attached hydrogens (tertiary/aromatic N) is 4. The van der Waals surface area contributed by atoms with Gasteiger partial charge < -0.3 is 25.5 Å². The van der Waals surface area contributed by atoms with Crippen LogP contribution in [0.5, 0.6) is 0 Å². The van der Waals surface area contributed by atoms with Crippen LogP contribution in [-0.2, 0) is 20.7 Å². The van der Waals surface area contributed by atoms with Crippen LogP contribution in [0.2, 0.25) is 0 Å². The highest BCUT2D eigenvalue weighted by molar-refractivity contribution is 5.94. The Labute approximate surface area is 221 Å². The molecule has 2 aliphatic heterocycles. The number of carbonyl (C=O) groups is 2. The van der Waals surface area contributed by atoms with Crippen molar-refractivity contribution >= 4 is 23.4 Å². The second-order valence-corrected chi connectivity index (χ2v) is 8.35. The molecule has 5 rings (SSSR count). The molecule has 1 saturated heterocycles. The minimum atomic E-state index is -5.08. The van der Waals surface area contributed by atoms with Crippen LogP contribution in [0.3, 0.4) is 0 Å². The molecule has 216 valence electrons. The Morgan fingerprint density at radius 2 is 1.60 bits per heavy atom. The number of fused-ring (bicyclic) bond motifs is 5. The third-order valence-corrected chi connectivity index (χ3v) is 5.61. The zero-order chi connectivity index (χ0) is 29.7. The summed E-state index contributed by atoms with van der Waals surface area (Å²) in [5, 5.41) is 28.5. The smallest absolute Gasteiger partial charge is 0.475 e. The van der Waals surface area contributed by atoms with Crippen LogP contribution in [-0.4, -0.2) is 72.6 Å². The Morgan fingerprint density at radius 1 is 1.00 bits per heavy atom. The molecule has 0 radical (unpaired) electrons. The maximum atomic E-state index is 11.0. The Hall–Kier alpha value is -4.41. The van der Waals surface area contributed by atoms with E-state index in [1.807, 2.05) is 18.2 Å². The number of halogens is 6. The van der Waals surface area contributed by atoms with Gasteiger partial charge in [-0.25, -0.2) is 19.6 Å².